The van der Waals surface area contributed by atoms with E-state index < -0.39 is 0 Å². The first-order valence-corrected chi connectivity index (χ1v) is 11.5. The normalized spacial score (nSPS) is 20.2. The molecule has 0 saturated carbocycles. The van der Waals surface area contributed by atoms with Crippen molar-refractivity contribution in [1.82, 2.24) is 14.8 Å². The Hall–Kier alpha value is -2.90. The molecule has 3 aromatic rings. The van der Waals surface area contributed by atoms with E-state index in [1.165, 1.54) is 11.6 Å². The third-order valence-electron chi connectivity index (χ3n) is 7.46. The Labute approximate surface area is 193 Å². The number of likely N-dealkylation sites (tertiary alicyclic amines) is 1. The second-order valence-corrected chi connectivity index (χ2v) is 9.34. The van der Waals surface area contributed by atoms with E-state index in [1.54, 1.807) is 26.2 Å². The standard InChI is InChI=1S/C26H30FN3O3/c1-17(32)29-10-8-26(9-11-29)16-30(14-18-4-3-5-19(27)12-18)23(15-31)25-24(26)21-7-6-20(33-2)13-22(21)28-25/h3-7,12-13,23,28,31H,8-11,14-16H2,1-2H3/t23-/m0/s1. The topological polar surface area (TPSA) is 68.8 Å². The van der Waals surface area contributed by atoms with E-state index in [0.29, 0.717) is 19.6 Å². The molecule has 0 aliphatic carbocycles. The summed E-state index contributed by atoms with van der Waals surface area (Å²) in [5, 5.41) is 11.6. The highest BCUT2D eigenvalue weighted by Gasteiger charge is 2.47. The number of aromatic amines is 1. The van der Waals surface area contributed by atoms with Gasteiger partial charge in [0.05, 0.1) is 19.8 Å². The van der Waals surface area contributed by atoms with E-state index in [2.05, 4.69) is 16.0 Å². The van der Waals surface area contributed by atoms with Crippen molar-refractivity contribution < 1.29 is 19.0 Å². The highest BCUT2D eigenvalue weighted by Crippen LogP contribution is 2.49. The number of nitrogens with zero attached hydrogens (tertiary/aromatic N) is 2. The van der Waals surface area contributed by atoms with Gasteiger partial charge in [0.1, 0.15) is 11.6 Å². The van der Waals surface area contributed by atoms with E-state index in [1.807, 2.05) is 23.1 Å². The van der Waals surface area contributed by atoms with Gasteiger partial charge in [-0.2, -0.15) is 0 Å². The van der Waals surface area contributed by atoms with Gasteiger partial charge in [0.25, 0.3) is 0 Å². The van der Waals surface area contributed by atoms with E-state index in [9.17, 15) is 14.3 Å². The number of benzene rings is 2. The van der Waals surface area contributed by atoms with Crippen molar-refractivity contribution in [2.24, 2.45) is 0 Å². The summed E-state index contributed by atoms with van der Waals surface area (Å²) in [5.74, 6) is 0.626. The molecule has 0 unspecified atom stereocenters. The maximum atomic E-state index is 13.9. The lowest BCUT2D eigenvalue weighted by atomic mass is 9.68. The van der Waals surface area contributed by atoms with Crippen LogP contribution in [0, 0.1) is 5.82 Å². The van der Waals surface area contributed by atoms with Crippen LogP contribution in [0.3, 0.4) is 0 Å². The number of carbonyl (C=O) groups is 1. The summed E-state index contributed by atoms with van der Waals surface area (Å²) in [6.07, 6.45) is 1.69. The number of aliphatic hydroxyl groups is 1. The molecule has 3 heterocycles. The molecule has 1 atom stereocenters. The Kier molecular flexibility index (Phi) is 5.62. The van der Waals surface area contributed by atoms with Crippen molar-refractivity contribution >= 4 is 16.8 Å². The first-order valence-electron chi connectivity index (χ1n) is 11.5. The van der Waals surface area contributed by atoms with Crippen LogP contribution in [0.4, 0.5) is 4.39 Å². The Morgan fingerprint density at radius 2 is 2.03 bits per heavy atom. The molecule has 7 heteroatoms. The number of nitrogens with one attached hydrogen (secondary N) is 1. The third-order valence-corrected chi connectivity index (χ3v) is 7.46. The van der Waals surface area contributed by atoms with Gasteiger partial charge in [-0.1, -0.05) is 12.1 Å². The zero-order valence-corrected chi connectivity index (χ0v) is 19.1. The van der Waals surface area contributed by atoms with E-state index in [-0.39, 0.29) is 29.8 Å². The lowest BCUT2D eigenvalue weighted by Crippen LogP contribution is -2.54. The predicted octanol–water partition coefficient (Wildman–Crippen LogP) is 3.74. The number of hydrogen-bond donors (Lipinski definition) is 2. The van der Waals surface area contributed by atoms with Crippen molar-refractivity contribution in [3.8, 4) is 5.75 Å². The summed E-state index contributed by atoms with van der Waals surface area (Å²) in [6.45, 7) is 4.28. The highest BCUT2D eigenvalue weighted by molar-refractivity contribution is 5.88. The number of H-pyrrole nitrogens is 1. The minimum Gasteiger partial charge on any atom is -0.497 e. The summed E-state index contributed by atoms with van der Waals surface area (Å²) < 4.78 is 19.3. The second-order valence-electron chi connectivity index (χ2n) is 9.34. The first kappa shape index (κ1) is 21.9. The van der Waals surface area contributed by atoms with Gasteiger partial charge in [0.2, 0.25) is 5.91 Å². The van der Waals surface area contributed by atoms with Gasteiger partial charge in [0, 0.05) is 61.2 Å². The lowest BCUT2D eigenvalue weighted by Gasteiger charge is -2.50. The molecule has 0 bridgehead atoms. The number of aliphatic hydroxyl groups excluding tert-OH is 1. The van der Waals surface area contributed by atoms with Crippen LogP contribution < -0.4 is 4.74 Å². The van der Waals surface area contributed by atoms with Gasteiger partial charge in [0.15, 0.2) is 0 Å². The molecule has 2 aliphatic heterocycles. The van der Waals surface area contributed by atoms with Crippen LogP contribution in [0.2, 0.25) is 0 Å². The summed E-state index contributed by atoms with van der Waals surface area (Å²) >= 11 is 0. The van der Waals surface area contributed by atoms with Crippen LogP contribution in [0.5, 0.6) is 5.75 Å². The Morgan fingerprint density at radius 3 is 2.70 bits per heavy atom. The molecule has 0 radical (unpaired) electrons. The molecule has 33 heavy (non-hydrogen) atoms. The Morgan fingerprint density at radius 1 is 1.24 bits per heavy atom. The fourth-order valence-corrected chi connectivity index (χ4v) is 5.81. The molecule has 1 saturated heterocycles. The van der Waals surface area contributed by atoms with Crippen molar-refractivity contribution in [1.29, 1.82) is 0 Å². The highest BCUT2D eigenvalue weighted by atomic mass is 19.1. The van der Waals surface area contributed by atoms with Crippen molar-refractivity contribution in [3.05, 3.63) is 65.1 Å². The number of rotatable bonds is 4. The average molecular weight is 452 g/mol. The molecule has 2 aliphatic rings. The smallest absolute Gasteiger partial charge is 0.219 e. The van der Waals surface area contributed by atoms with E-state index >= 15 is 0 Å². The summed E-state index contributed by atoms with van der Waals surface area (Å²) in [5.41, 5.74) is 3.97. The van der Waals surface area contributed by atoms with Crippen LogP contribution >= 0.6 is 0 Å². The third kappa shape index (κ3) is 3.79. The number of hydrogen-bond acceptors (Lipinski definition) is 4. The number of halogens is 1. The molecule has 1 spiro atoms. The van der Waals surface area contributed by atoms with Crippen LogP contribution in [0.25, 0.3) is 10.9 Å². The lowest BCUT2D eigenvalue weighted by molar-refractivity contribution is -0.130. The SMILES string of the molecule is COc1ccc2c3c([nH]c2c1)[C@H](CO)N(Cc1cccc(F)c1)CC31CCN(C(C)=O)CC1. The molecule has 2 aromatic carbocycles. The van der Waals surface area contributed by atoms with Crippen LogP contribution in [-0.4, -0.2) is 59.1 Å². The van der Waals surface area contributed by atoms with E-state index in [4.69, 9.17) is 4.74 Å². The number of amides is 1. The summed E-state index contributed by atoms with van der Waals surface area (Å²) in [6, 6.07) is 12.5. The van der Waals surface area contributed by atoms with Crippen LogP contribution in [0.15, 0.2) is 42.5 Å². The molecular weight excluding hydrogens is 421 g/mol. The van der Waals surface area contributed by atoms with Crippen molar-refractivity contribution in [3.63, 3.8) is 0 Å². The van der Waals surface area contributed by atoms with Crippen LogP contribution in [-0.2, 0) is 16.8 Å². The van der Waals surface area contributed by atoms with Gasteiger partial charge in [-0.3, -0.25) is 9.69 Å². The second kappa shape index (κ2) is 8.47. The number of ether oxygens (including phenoxy) is 1. The fraction of sp³-hybridized carbons (Fsp3) is 0.423. The van der Waals surface area contributed by atoms with Crippen molar-refractivity contribution in [2.75, 3.05) is 33.4 Å². The maximum absolute atomic E-state index is 13.9. The Balaban J connectivity index is 1.61. The van der Waals surface area contributed by atoms with Crippen LogP contribution in [0.1, 0.15) is 42.6 Å². The van der Waals surface area contributed by atoms with Gasteiger partial charge in [-0.05, 0) is 48.2 Å². The number of aromatic nitrogens is 1. The fourth-order valence-electron chi connectivity index (χ4n) is 5.81. The quantitative estimate of drug-likeness (QED) is 0.634. The average Bonchev–Trinajstić information content (AvgIpc) is 3.19. The van der Waals surface area contributed by atoms with Gasteiger partial charge in [-0.15, -0.1) is 0 Å². The van der Waals surface area contributed by atoms with Gasteiger partial charge >= 0.3 is 0 Å². The number of piperidine rings is 1. The predicted molar refractivity (Wildman–Crippen MR) is 125 cm³/mol. The first-order chi connectivity index (χ1) is 15.9. The zero-order chi connectivity index (χ0) is 23.2. The minimum absolute atomic E-state index is 0.0398. The number of fused-ring (bicyclic) bond motifs is 4. The van der Waals surface area contributed by atoms with Crippen molar-refractivity contribution in [2.45, 2.75) is 37.8 Å². The molecule has 1 fully saturated rings. The van der Waals surface area contributed by atoms with Gasteiger partial charge < -0.3 is 19.7 Å². The largest absolute Gasteiger partial charge is 0.497 e. The molecular formula is C26H30FN3O3. The van der Waals surface area contributed by atoms with Gasteiger partial charge in [-0.25, -0.2) is 4.39 Å². The monoisotopic (exact) mass is 451 g/mol. The maximum Gasteiger partial charge on any atom is 0.219 e. The molecule has 6 nitrogen and oxygen atoms in total. The van der Waals surface area contributed by atoms with E-state index in [0.717, 1.165) is 47.3 Å². The zero-order valence-electron chi connectivity index (χ0n) is 19.1. The molecule has 174 valence electrons. The number of carbonyl (C=O) groups excluding carboxylic acids is 1. The summed E-state index contributed by atoms with van der Waals surface area (Å²) in [4.78, 5) is 19.8. The summed E-state index contributed by atoms with van der Waals surface area (Å²) in [7, 11) is 1.65. The Bertz CT molecular complexity index is 1180. The molecule has 2 N–H and O–H groups in total. The number of methoxy groups -OCH3 is 1. The minimum atomic E-state index is -0.257. The molecule has 1 amide bonds. The molecule has 5 rings (SSSR count). The molecule has 1 aromatic heterocycles.